The molecule has 0 heterocycles. The number of carbonyl (C=O) groups excluding carboxylic acids is 2. The SMILES string of the molecule is CCOC(=[O+][S-])C(C=C=O)S(=O)(=O)c1ccc(N)cc1. The molecule has 20 heavy (non-hydrogen) atoms. The minimum Gasteiger partial charge on any atom is -0.433 e. The van der Waals surface area contributed by atoms with Gasteiger partial charge in [-0.25, -0.2) is 13.2 Å². The Kier molecular flexibility index (Phi) is 5.69. The maximum Gasteiger partial charge on any atom is 0.492 e. The van der Waals surface area contributed by atoms with Gasteiger partial charge in [-0.3, -0.25) is 0 Å². The van der Waals surface area contributed by atoms with Crippen molar-refractivity contribution in [3.05, 3.63) is 30.3 Å². The highest BCUT2D eigenvalue weighted by molar-refractivity contribution is 7.93. The number of benzene rings is 1. The molecular formula is C12H13NO5S2. The molecule has 108 valence electrons. The number of rotatable bonds is 5. The fraction of sp³-hybridized carbons (Fsp3) is 0.250. The number of hydrogen-bond acceptors (Lipinski definition) is 6. The molecule has 1 aromatic rings. The summed E-state index contributed by atoms with van der Waals surface area (Å²) in [6.07, 6.45) is 0.781. The van der Waals surface area contributed by atoms with E-state index in [1.165, 1.54) is 30.2 Å². The van der Waals surface area contributed by atoms with Crippen LogP contribution >= 0.6 is 0 Å². The van der Waals surface area contributed by atoms with Gasteiger partial charge in [0.05, 0.1) is 4.90 Å². The van der Waals surface area contributed by atoms with Crippen molar-refractivity contribution in [2.24, 2.45) is 0 Å². The molecule has 0 aromatic heterocycles. The number of nitrogen functional groups attached to an aromatic ring is 1. The van der Waals surface area contributed by atoms with Crippen molar-refractivity contribution in [3.63, 3.8) is 0 Å². The molecule has 0 saturated carbocycles. The Labute approximate surface area is 122 Å². The van der Waals surface area contributed by atoms with Gasteiger partial charge in [-0.1, -0.05) is 0 Å². The molecule has 2 N–H and O–H groups in total. The van der Waals surface area contributed by atoms with Crippen LogP contribution in [0.15, 0.2) is 35.2 Å². The molecular weight excluding hydrogens is 302 g/mol. The van der Waals surface area contributed by atoms with E-state index >= 15 is 0 Å². The summed E-state index contributed by atoms with van der Waals surface area (Å²) in [7, 11) is -3.94. The molecule has 0 radical (unpaired) electrons. The largest absolute Gasteiger partial charge is 0.492 e. The molecule has 0 aliphatic heterocycles. The van der Waals surface area contributed by atoms with Gasteiger partial charge in [0.2, 0.25) is 15.1 Å². The third-order valence-corrected chi connectivity index (χ3v) is 4.45. The summed E-state index contributed by atoms with van der Waals surface area (Å²) in [5.41, 5.74) is 5.92. The van der Waals surface area contributed by atoms with Crippen LogP contribution in [-0.4, -0.2) is 32.2 Å². The summed E-state index contributed by atoms with van der Waals surface area (Å²) >= 11 is 4.37. The molecule has 1 unspecified atom stereocenters. The summed E-state index contributed by atoms with van der Waals surface area (Å²) in [4.78, 5) is 10.5. The first-order valence-electron chi connectivity index (χ1n) is 5.57. The molecule has 1 atom stereocenters. The van der Waals surface area contributed by atoms with Gasteiger partial charge in [0.15, 0.2) is 6.61 Å². The van der Waals surface area contributed by atoms with E-state index in [0.29, 0.717) is 5.69 Å². The molecule has 0 spiro atoms. The summed E-state index contributed by atoms with van der Waals surface area (Å²) in [5.74, 6) is 1.06. The van der Waals surface area contributed by atoms with Crippen molar-refractivity contribution in [3.8, 4) is 0 Å². The van der Waals surface area contributed by atoms with E-state index < -0.39 is 15.1 Å². The lowest BCUT2D eigenvalue weighted by atomic mass is 10.3. The molecule has 1 rings (SSSR count). The van der Waals surface area contributed by atoms with Crippen molar-refractivity contribution in [2.75, 3.05) is 12.3 Å². The number of anilines is 1. The predicted molar refractivity (Wildman–Crippen MR) is 76.1 cm³/mol. The number of esters is 1. The highest BCUT2D eigenvalue weighted by atomic mass is 32.2. The zero-order valence-electron chi connectivity index (χ0n) is 10.6. The molecule has 0 aliphatic carbocycles. The van der Waals surface area contributed by atoms with Gasteiger partial charge in [-0.15, -0.1) is 0 Å². The van der Waals surface area contributed by atoms with Crippen LogP contribution in [-0.2, 0) is 36.1 Å². The lowest BCUT2D eigenvalue weighted by Crippen LogP contribution is -2.31. The average molecular weight is 315 g/mol. The summed E-state index contributed by atoms with van der Waals surface area (Å²) < 4.78 is 34.4. The van der Waals surface area contributed by atoms with E-state index in [1.807, 2.05) is 0 Å². The lowest BCUT2D eigenvalue weighted by Gasteiger charge is -2.09. The van der Waals surface area contributed by atoms with E-state index in [1.54, 1.807) is 6.92 Å². The van der Waals surface area contributed by atoms with Crippen molar-refractivity contribution in [2.45, 2.75) is 17.1 Å². The van der Waals surface area contributed by atoms with Crippen molar-refractivity contribution in [1.29, 1.82) is 0 Å². The van der Waals surface area contributed by atoms with Gasteiger partial charge in [0.1, 0.15) is 5.94 Å². The second kappa shape index (κ2) is 7.04. The highest BCUT2D eigenvalue weighted by Gasteiger charge is 2.39. The van der Waals surface area contributed by atoms with Gasteiger partial charge in [0.25, 0.3) is 0 Å². The monoisotopic (exact) mass is 315 g/mol. The number of nitrogens with two attached hydrogens (primary N) is 1. The fourth-order valence-electron chi connectivity index (χ4n) is 1.45. The third kappa shape index (κ3) is 3.57. The predicted octanol–water partition coefficient (Wildman–Crippen LogP) is 0.360. The van der Waals surface area contributed by atoms with E-state index in [0.717, 1.165) is 6.08 Å². The maximum atomic E-state index is 12.4. The van der Waals surface area contributed by atoms with Crippen LogP contribution in [0.5, 0.6) is 0 Å². The van der Waals surface area contributed by atoms with E-state index in [-0.39, 0.29) is 17.5 Å². The number of sulfone groups is 1. The Morgan fingerprint density at radius 1 is 1.50 bits per heavy atom. The second-order valence-corrected chi connectivity index (χ2v) is 5.89. The van der Waals surface area contributed by atoms with Crippen LogP contribution in [0.25, 0.3) is 0 Å². The molecule has 8 heteroatoms. The molecule has 0 amide bonds. The molecule has 0 aliphatic rings. The first kappa shape index (κ1) is 16.2. The maximum absolute atomic E-state index is 12.4. The second-order valence-electron chi connectivity index (χ2n) is 3.65. The summed E-state index contributed by atoms with van der Waals surface area (Å²) in [6.45, 7) is 1.78. The first-order valence-corrected chi connectivity index (χ1v) is 7.45. The van der Waals surface area contributed by atoms with Gasteiger partial charge >= 0.3 is 5.97 Å². The topological polar surface area (TPSA) is 97.8 Å². The van der Waals surface area contributed by atoms with E-state index in [2.05, 4.69) is 16.8 Å². The Hall–Kier alpha value is -1.89. The fourth-order valence-corrected chi connectivity index (χ4v) is 3.07. The van der Waals surface area contributed by atoms with Gasteiger partial charge in [-0.05, 0) is 31.2 Å². The highest BCUT2D eigenvalue weighted by Crippen LogP contribution is 2.19. The molecule has 6 nitrogen and oxygen atoms in total. The van der Waals surface area contributed by atoms with Crippen LogP contribution in [0.1, 0.15) is 6.92 Å². The van der Waals surface area contributed by atoms with Crippen LogP contribution in [0, 0.1) is 0 Å². The van der Waals surface area contributed by atoms with Crippen molar-refractivity contribution < 1.29 is 21.8 Å². The van der Waals surface area contributed by atoms with Crippen molar-refractivity contribution >= 4 is 40.3 Å². The molecule has 0 fully saturated rings. The minimum atomic E-state index is -3.94. The van der Waals surface area contributed by atoms with E-state index in [4.69, 9.17) is 10.5 Å². The number of ether oxygens (including phenoxy) is 1. The Balaban J connectivity index is 3.32. The normalized spacial score (nSPS) is 13.3. The molecule has 0 saturated heterocycles. The smallest absolute Gasteiger partial charge is 0.433 e. The van der Waals surface area contributed by atoms with Crippen LogP contribution < -0.4 is 5.73 Å². The quantitative estimate of drug-likeness (QED) is 0.277. The Morgan fingerprint density at radius 3 is 2.55 bits per heavy atom. The zero-order valence-corrected chi connectivity index (χ0v) is 12.2. The number of hydrogen-bond donors (Lipinski definition) is 1. The summed E-state index contributed by atoms with van der Waals surface area (Å²) in [5, 5.41) is -1.46. The zero-order chi connectivity index (χ0) is 15.2. The first-order chi connectivity index (χ1) is 9.47. The van der Waals surface area contributed by atoms with Gasteiger partial charge in [0, 0.05) is 11.8 Å². The van der Waals surface area contributed by atoms with Gasteiger partial charge < -0.3 is 27.3 Å². The van der Waals surface area contributed by atoms with Gasteiger partial charge in [-0.2, -0.15) is 0 Å². The Bertz CT molecular complexity index is 630. The lowest BCUT2D eigenvalue weighted by molar-refractivity contribution is -0.261. The minimum absolute atomic E-state index is 0.0348. The molecule has 1 aromatic carbocycles. The van der Waals surface area contributed by atoms with Crippen LogP contribution in [0.3, 0.4) is 0 Å². The molecule has 0 bridgehead atoms. The van der Waals surface area contributed by atoms with Crippen LogP contribution in [0.4, 0.5) is 5.69 Å². The summed E-state index contributed by atoms with van der Waals surface area (Å²) in [6, 6.07) is 5.51. The average Bonchev–Trinajstić information content (AvgIpc) is 2.43. The van der Waals surface area contributed by atoms with Crippen molar-refractivity contribution in [1.82, 2.24) is 0 Å². The van der Waals surface area contributed by atoms with E-state index in [9.17, 15) is 13.2 Å². The Morgan fingerprint density at radius 2 is 2.10 bits per heavy atom. The standard InChI is InChI=1S/C12H13NO5S2/c1-2-17-12(18-19)11(7-8-14)20(15,16)10-5-3-9(13)4-6-10/h3-7,11H,2,13H2,1H3. The van der Waals surface area contributed by atoms with Crippen LogP contribution in [0.2, 0.25) is 0 Å². The third-order valence-electron chi connectivity index (χ3n) is 2.36.